The van der Waals surface area contributed by atoms with Crippen molar-refractivity contribution in [1.82, 2.24) is 15.0 Å². The Morgan fingerprint density at radius 2 is 0.680 bits per heavy atom. The zero-order valence-electron chi connectivity index (χ0n) is 43.0. The number of nitrogens with zero attached hydrogens (tertiary/aromatic N) is 3. The minimum Gasteiger partial charge on any atom is -0.455 e. The molecule has 0 amide bonds. The molecule has 2 aliphatic carbocycles. The maximum Gasteiger partial charge on any atom is 0.143 e. The van der Waals surface area contributed by atoms with Crippen LogP contribution in [0.4, 0.5) is 0 Å². The van der Waals surface area contributed by atoms with Crippen LogP contribution in [0.25, 0.3) is 145 Å². The van der Waals surface area contributed by atoms with Crippen LogP contribution in [-0.2, 0) is 10.8 Å². The summed E-state index contributed by atoms with van der Waals surface area (Å²) >= 11 is 0. The molecule has 75 heavy (non-hydrogen) atoms. The number of fused-ring (bicyclic) bond motifs is 19. The lowest BCUT2D eigenvalue weighted by Gasteiger charge is -2.29. The number of aromatic nitrogens is 3. The number of benzene rings is 9. The Balaban J connectivity index is 0.989. The Hall–Kier alpha value is -8.99. The number of para-hydroxylation sites is 2. The summed E-state index contributed by atoms with van der Waals surface area (Å²) in [6.07, 6.45) is 1.91. The first-order chi connectivity index (χ1) is 36.5. The van der Waals surface area contributed by atoms with Crippen LogP contribution in [0, 0.1) is 0 Å². The van der Waals surface area contributed by atoms with E-state index in [0.717, 1.165) is 106 Å². The zero-order valence-corrected chi connectivity index (χ0v) is 43.0. The fourth-order valence-corrected chi connectivity index (χ4v) is 11.9. The molecular formula is C71H53N3O. The van der Waals surface area contributed by atoms with E-state index in [1.807, 2.05) is 18.3 Å². The molecular weight excluding hydrogens is 911 g/mol. The smallest absolute Gasteiger partial charge is 0.143 e. The summed E-state index contributed by atoms with van der Waals surface area (Å²) in [6.45, 7) is 13.6. The molecule has 12 aromatic rings. The van der Waals surface area contributed by atoms with Crippen molar-refractivity contribution in [3.05, 3.63) is 224 Å². The Labute approximate surface area is 438 Å². The molecule has 4 nitrogen and oxygen atoms in total. The van der Waals surface area contributed by atoms with Crippen LogP contribution in [0.1, 0.15) is 52.9 Å². The average Bonchev–Trinajstić information content (AvgIpc) is 3.86. The maximum atomic E-state index is 6.61. The summed E-state index contributed by atoms with van der Waals surface area (Å²) in [6, 6.07) is 75.1. The molecule has 0 atom stereocenters. The third-order valence-electron chi connectivity index (χ3n) is 15.4. The highest BCUT2D eigenvalue weighted by Gasteiger charge is 2.32. The van der Waals surface area contributed by atoms with Gasteiger partial charge in [0.25, 0.3) is 0 Å². The van der Waals surface area contributed by atoms with Crippen molar-refractivity contribution in [2.45, 2.75) is 52.4 Å². The molecule has 2 aliphatic rings. The van der Waals surface area contributed by atoms with Crippen LogP contribution >= 0.6 is 0 Å². The quantitative estimate of drug-likeness (QED) is 0.177. The molecule has 0 saturated carbocycles. The van der Waals surface area contributed by atoms with Crippen LogP contribution in [0.3, 0.4) is 0 Å². The monoisotopic (exact) mass is 963 g/mol. The van der Waals surface area contributed by atoms with Crippen LogP contribution < -0.4 is 0 Å². The van der Waals surface area contributed by atoms with Crippen molar-refractivity contribution in [2.75, 3.05) is 0 Å². The summed E-state index contributed by atoms with van der Waals surface area (Å²) in [5.74, 6) is 0. The van der Waals surface area contributed by atoms with E-state index in [1.54, 1.807) is 0 Å². The Morgan fingerprint density at radius 1 is 0.293 bits per heavy atom. The third kappa shape index (κ3) is 7.15. The molecule has 0 radical (unpaired) electrons. The number of pyridine rings is 1. The lowest BCUT2D eigenvalue weighted by atomic mass is 9.79. The number of furan rings is 1. The minimum absolute atomic E-state index is 0.324. The summed E-state index contributed by atoms with van der Waals surface area (Å²) < 4.78 is 6.61. The lowest BCUT2D eigenvalue weighted by molar-refractivity contribution is 0.529. The maximum absolute atomic E-state index is 6.61. The highest BCUT2D eigenvalue weighted by atomic mass is 16.3. The van der Waals surface area contributed by atoms with Gasteiger partial charge in [-0.3, -0.25) is 9.97 Å². The molecule has 4 heteroatoms. The molecule has 0 N–H and O–H groups in total. The van der Waals surface area contributed by atoms with Gasteiger partial charge in [-0.2, -0.15) is 0 Å². The van der Waals surface area contributed by atoms with Crippen molar-refractivity contribution in [3.8, 4) is 123 Å². The first kappa shape index (κ1) is 44.7. The van der Waals surface area contributed by atoms with Gasteiger partial charge >= 0.3 is 0 Å². The number of hydrogen-bond acceptors (Lipinski definition) is 4. The summed E-state index contributed by atoms with van der Waals surface area (Å²) in [5, 5.41) is 2.25. The first-order valence-corrected chi connectivity index (χ1v) is 26.1. The van der Waals surface area contributed by atoms with E-state index in [-0.39, 0.29) is 10.8 Å². The van der Waals surface area contributed by atoms with Crippen molar-refractivity contribution in [2.24, 2.45) is 0 Å². The van der Waals surface area contributed by atoms with Gasteiger partial charge < -0.3 is 4.42 Å². The van der Waals surface area contributed by atoms with Crippen LogP contribution in [0.2, 0.25) is 0 Å². The van der Waals surface area contributed by atoms with Gasteiger partial charge in [0, 0.05) is 55.6 Å². The van der Waals surface area contributed by atoms with E-state index in [2.05, 4.69) is 236 Å². The number of rotatable bonds is 3. The molecule has 3 heterocycles. The molecule has 0 spiro atoms. The van der Waals surface area contributed by atoms with Crippen molar-refractivity contribution in [3.63, 3.8) is 0 Å². The van der Waals surface area contributed by atoms with E-state index in [4.69, 9.17) is 19.4 Å². The topological polar surface area (TPSA) is 51.8 Å². The second-order valence-corrected chi connectivity index (χ2v) is 22.3. The Kier molecular flexibility index (Phi) is 10.00. The summed E-state index contributed by atoms with van der Waals surface area (Å²) in [7, 11) is 0. The summed E-state index contributed by atoms with van der Waals surface area (Å²) in [5.41, 5.74) is 27.5. The predicted octanol–water partition coefficient (Wildman–Crippen LogP) is 19.3. The highest BCUT2D eigenvalue weighted by Crippen LogP contribution is 2.52. The second-order valence-electron chi connectivity index (χ2n) is 22.3. The highest BCUT2D eigenvalue weighted by molar-refractivity contribution is 6.11. The van der Waals surface area contributed by atoms with Gasteiger partial charge in [0.15, 0.2) is 0 Å². The molecule has 0 saturated heterocycles. The Morgan fingerprint density at radius 3 is 1.21 bits per heavy atom. The lowest BCUT2D eigenvalue weighted by Crippen LogP contribution is -2.23. The summed E-state index contributed by atoms with van der Waals surface area (Å²) in [4.78, 5) is 16.7. The largest absolute Gasteiger partial charge is 0.455 e. The van der Waals surface area contributed by atoms with Gasteiger partial charge in [-0.15, -0.1) is 0 Å². The first-order valence-electron chi connectivity index (χ1n) is 26.1. The van der Waals surface area contributed by atoms with Crippen LogP contribution in [0.15, 0.2) is 217 Å². The van der Waals surface area contributed by atoms with Crippen LogP contribution in [-0.4, -0.2) is 15.0 Å². The molecule has 9 aromatic carbocycles. The number of hydrogen-bond donors (Lipinski definition) is 0. The van der Waals surface area contributed by atoms with Crippen molar-refractivity contribution in [1.29, 1.82) is 0 Å². The minimum atomic E-state index is -0.331. The van der Waals surface area contributed by atoms with Crippen LogP contribution in [0.5, 0.6) is 0 Å². The van der Waals surface area contributed by atoms with E-state index in [9.17, 15) is 0 Å². The molecule has 0 unspecified atom stereocenters. The molecule has 0 aliphatic heterocycles. The van der Waals surface area contributed by atoms with Gasteiger partial charge in [-0.25, -0.2) is 4.98 Å². The Bertz CT molecular complexity index is 4320. The molecule has 3 aromatic heterocycles. The third-order valence-corrected chi connectivity index (χ3v) is 15.4. The van der Waals surface area contributed by atoms with Gasteiger partial charge in [-0.1, -0.05) is 217 Å². The molecule has 0 bridgehead atoms. The zero-order chi connectivity index (χ0) is 50.7. The predicted molar refractivity (Wildman–Crippen MR) is 311 cm³/mol. The molecule has 358 valence electrons. The van der Waals surface area contributed by atoms with Gasteiger partial charge in [0.1, 0.15) is 11.2 Å². The van der Waals surface area contributed by atoms with Gasteiger partial charge in [-0.05, 0) is 108 Å². The van der Waals surface area contributed by atoms with Gasteiger partial charge in [0.2, 0.25) is 0 Å². The van der Waals surface area contributed by atoms with E-state index in [1.165, 1.54) is 50.1 Å². The molecule has 0 fully saturated rings. The second kappa shape index (κ2) is 16.8. The van der Waals surface area contributed by atoms with Crippen molar-refractivity contribution >= 4 is 21.9 Å². The van der Waals surface area contributed by atoms with E-state index >= 15 is 0 Å². The average molecular weight is 964 g/mol. The fraction of sp³-hybridized carbons (Fsp3) is 0.113. The van der Waals surface area contributed by atoms with E-state index in [0.29, 0.717) is 0 Å². The SMILES string of the molecule is CC(C)(C)c1nc(C(C)(C)C)c(-c2ccc3c(c2)-c2ccccc2-c2ccccc2-c2ncccc2-3)nc1-c1ccc2c(c1)-c1ccccc1-c1ccccc1-c1cc(-c3cccc4c3oc3ccccc34)ccc1-2. The van der Waals surface area contributed by atoms with Crippen molar-refractivity contribution < 1.29 is 4.42 Å². The molecule has 14 rings (SSSR count). The fourth-order valence-electron chi connectivity index (χ4n) is 11.9. The van der Waals surface area contributed by atoms with E-state index < -0.39 is 0 Å². The van der Waals surface area contributed by atoms with Gasteiger partial charge in [0.05, 0.1) is 28.5 Å². The normalized spacial score (nSPS) is 12.4. The standard InChI is InChI=1S/C71H53N3O/c1-70(2,3)68-64(73-65(69(74-68)71(4,5)6)44-34-37-55-58-30-18-38-72-66(58)57-27-14-13-22-49(57)48-21-9-12-25-52(48)62(55)41-44)43-33-36-54-53-35-32-42(45-28-17-29-59-56-26-15-16-31-63(56)75-67(45)59)39-60(53)50-23-10-7-19-46(50)47-20-8-11-24-51(47)61(54)40-43/h7-41H,1-6H3.